The highest BCUT2D eigenvalue weighted by Gasteiger charge is 2.08. The summed E-state index contributed by atoms with van der Waals surface area (Å²) in [6, 6.07) is 12.7. The first-order valence-corrected chi connectivity index (χ1v) is 7.86. The van der Waals surface area contributed by atoms with E-state index in [0.29, 0.717) is 23.7 Å². The van der Waals surface area contributed by atoms with Crippen molar-refractivity contribution in [1.82, 2.24) is 5.32 Å². The number of anilines is 1. The van der Waals surface area contributed by atoms with Gasteiger partial charge in [-0.2, -0.15) is 0 Å². The smallest absolute Gasteiger partial charge is 0.224 e. The molecular formula is C19H22N2O4. The molecule has 6 nitrogen and oxygen atoms in total. The topological polar surface area (TPSA) is 76.7 Å². The summed E-state index contributed by atoms with van der Waals surface area (Å²) in [5.41, 5.74) is 2.45. The molecule has 6 heteroatoms. The van der Waals surface area contributed by atoms with Gasteiger partial charge in [0, 0.05) is 30.8 Å². The van der Waals surface area contributed by atoms with Crippen LogP contribution in [0.25, 0.3) is 0 Å². The van der Waals surface area contributed by atoms with Gasteiger partial charge in [0.25, 0.3) is 0 Å². The van der Waals surface area contributed by atoms with E-state index in [2.05, 4.69) is 10.6 Å². The fourth-order valence-corrected chi connectivity index (χ4v) is 2.35. The number of hydrogen-bond acceptors (Lipinski definition) is 4. The van der Waals surface area contributed by atoms with Crippen LogP contribution < -0.4 is 20.1 Å². The van der Waals surface area contributed by atoms with E-state index in [1.165, 1.54) is 6.92 Å². The SMILES string of the molecule is COc1ccc(CNC(=O)Cc2ccc(NC(C)=O)cc2)c(OC)c1. The number of rotatable bonds is 7. The molecule has 0 saturated carbocycles. The molecule has 0 aliphatic heterocycles. The third kappa shape index (κ3) is 5.53. The van der Waals surface area contributed by atoms with E-state index in [4.69, 9.17) is 9.47 Å². The molecule has 0 atom stereocenters. The highest BCUT2D eigenvalue weighted by Crippen LogP contribution is 2.24. The summed E-state index contributed by atoms with van der Waals surface area (Å²) in [6.45, 7) is 1.82. The lowest BCUT2D eigenvalue weighted by atomic mass is 10.1. The Balaban J connectivity index is 1.91. The molecule has 2 aromatic carbocycles. The summed E-state index contributed by atoms with van der Waals surface area (Å²) in [5, 5.41) is 5.57. The molecular weight excluding hydrogens is 320 g/mol. The van der Waals surface area contributed by atoms with E-state index in [-0.39, 0.29) is 18.2 Å². The summed E-state index contributed by atoms with van der Waals surface area (Å²) in [4.78, 5) is 23.1. The van der Waals surface area contributed by atoms with Gasteiger partial charge in [0.2, 0.25) is 11.8 Å². The zero-order chi connectivity index (χ0) is 18.2. The first-order chi connectivity index (χ1) is 12.0. The Kier molecular flexibility index (Phi) is 6.39. The number of nitrogens with one attached hydrogen (secondary N) is 2. The van der Waals surface area contributed by atoms with E-state index >= 15 is 0 Å². The minimum Gasteiger partial charge on any atom is -0.497 e. The van der Waals surface area contributed by atoms with Crippen LogP contribution in [-0.4, -0.2) is 26.0 Å². The summed E-state index contributed by atoms with van der Waals surface area (Å²) < 4.78 is 10.5. The van der Waals surface area contributed by atoms with E-state index in [0.717, 1.165) is 11.1 Å². The molecule has 0 bridgehead atoms. The van der Waals surface area contributed by atoms with Crippen LogP contribution in [0.15, 0.2) is 42.5 Å². The van der Waals surface area contributed by atoms with Crippen molar-refractivity contribution in [2.75, 3.05) is 19.5 Å². The third-order valence-electron chi connectivity index (χ3n) is 3.61. The number of carbonyl (C=O) groups is 2. The maximum absolute atomic E-state index is 12.1. The van der Waals surface area contributed by atoms with Crippen molar-refractivity contribution in [2.45, 2.75) is 19.9 Å². The van der Waals surface area contributed by atoms with E-state index < -0.39 is 0 Å². The van der Waals surface area contributed by atoms with Crippen LogP contribution in [-0.2, 0) is 22.6 Å². The minimum absolute atomic E-state index is 0.0925. The third-order valence-corrected chi connectivity index (χ3v) is 3.61. The molecule has 0 saturated heterocycles. The second-order valence-corrected chi connectivity index (χ2v) is 5.51. The summed E-state index contributed by atoms with van der Waals surface area (Å²) >= 11 is 0. The van der Waals surface area contributed by atoms with Gasteiger partial charge in [0.1, 0.15) is 11.5 Å². The number of carbonyl (C=O) groups excluding carboxylic acids is 2. The van der Waals surface area contributed by atoms with Gasteiger partial charge in [-0.05, 0) is 29.8 Å². The molecule has 2 aromatic rings. The Morgan fingerprint density at radius 2 is 1.72 bits per heavy atom. The first kappa shape index (κ1) is 18.3. The predicted molar refractivity (Wildman–Crippen MR) is 95.8 cm³/mol. The number of ether oxygens (including phenoxy) is 2. The normalized spacial score (nSPS) is 10.0. The molecule has 0 radical (unpaired) electrons. The minimum atomic E-state index is -0.126. The molecule has 0 aromatic heterocycles. The average Bonchev–Trinajstić information content (AvgIpc) is 2.61. The maximum atomic E-state index is 12.1. The molecule has 0 fully saturated rings. The van der Waals surface area contributed by atoms with E-state index in [1.54, 1.807) is 32.4 Å². The largest absolute Gasteiger partial charge is 0.497 e. The lowest BCUT2D eigenvalue weighted by Crippen LogP contribution is -2.24. The van der Waals surface area contributed by atoms with Crippen LogP contribution in [0.5, 0.6) is 11.5 Å². The highest BCUT2D eigenvalue weighted by atomic mass is 16.5. The van der Waals surface area contributed by atoms with Crippen molar-refractivity contribution in [3.63, 3.8) is 0 Å². The zero-order valence-electron chi connectivity index (χ0n) is 14.6. The van der Waals surface area contributed by atoms with Crippen LogP contribution in [0.2, 0.25) is 0 Å². The molecule has 0 spiro atoms. The molecule has 25 heavy (non-hydrogen) atoms. The second-order valence-electron chi connectivity index (χ2n) is 5.51. The number of hydrogen-bond donors (Lipinski definition) is 2. The fraction of sp³-hybridized carbons (Fsp3) is 0.263. The maximum Gasteiger partial charge on any atom is 0.224 e. The van der Waals surface area contributed by atoms with Crippen LogP contribution in [0.1, 0.15) is 18.1 Å². The molecule has 0 heterocycles. The van der Waals surface area contributed by atoms with Crippen LogP contribution in [0.3, 0.4) is 0 Å². The van der Waals surface area contributed by atoms with Crippen molar-refractivity contribution >= 4 is 17.5 Å². The Morgan fingerprint density at radius 1 is 1.00 bits per heavy atom. The standard InChI is InChI=1S/C19H22N2O4/c1-13(22)21-16-7-4-14(5-8-16)10-19(23)20-12-15-6-9-17(24-2)11-18(15)25-3/h4-9,11H,10,12H2,1-3H3,(H,20,23)(H,21,22). The van der Waals surface area contributed by atoms with Gasteiger partial charge in [-0.1, -0.05) is 12.1 Å². The summed E-state index contributed by atoms with van der Waals surface area (Å²) in [6.07, 6.45) is 0.263. The molecule has 2 amide bonds. The monoisotopic (exact) mass is 342 g/mol. The molecule has 0 aliphatic rings. The van der Waals surface area contributed by atoms with Gasteiger partial charge in [-0.3, -0.25) is 9.59 Å². The summed E-state index contributed by atoms with van der Waals surface area (Å²) in [7, 11) is 3.17. The fourth-order valence-electron chi connectivity index (χ4n) is 2.35. The van der Waals surface area contributed by atoms with Crippen LogP contribution in [0.4, 0.5) is 5.69 Å². The number of methoxy groups -OCH3 is 2. The van der Waals surface area contributed by atoms with Gasteiger partial charge in [0.15, 0.2) is 0 Å². The Hall–Kier alpha value is -3.02. The quantitative estimate of drug-likeness (QED) is 0.811. The van der Waals surface area contributed by atoms with Crippen molar-refractivity contribution in [3.05, 3.63) is 53.6 Å². The Bertz CT molecular complexity index is 742. The van der Waals surface area contributed by atoms with Gasteiger partial charge in [-0.25, -0.2) is 0 Å². The second kappa shape index (κ2) is 8.73. The molecule has 132 valence electrons. The van der Waals surface area contributed by atoms with Gasteiger partial charge >= 0.3 is 0 Å². The molecule has 2 rings (SSSR count). The number of benzene rings is 2. The number of amides is 2. The summed E-state index contributed by atoms with van der Waals surface area (Å²) in [5.74, 6) is 1.15. The lowest BCUT2D eigenvalue weighted by Gasteiger charge is -2.11. The zero-order valence-corrected chi connectivity index (χ0v) is 14.6. The first-order valence-electron chi connectivity index (χ1n) is 7.86. The van der Waals surface area contributed by atoms with Gasteiger partial charge < -0.3 is 20.1 Å². The van der Waals surface area contributed by atoms with Crippen molar-refractivity contribution in [1.29, 1.82) is 0 Å². The Morgan fingerprint density at radius 3 is 2.32 bits per heavy atom. The van der Waals surface area contributed by atoms with Gasteiger partial charge in [0.05, 0.1) is 20.6 Å². The van der Waals surface area contributed by atoms with E-state index in [9.17, 15) is 9.59 Å². The highest BCUT2D eigenvalue weighted by molar-refractivity contribution is 5.88. The average molecular weight is 342 g/mol. The molecule has 0 aliphatic carbocycles. The Labute approximate surface area is 147 Å². The van der Waals surface area contributed by atoms with Crippen LogP contribution >= 0.6 is 0 Å². The van der Waals surface area contributed by atoms with E-state index in [1.807, 2.05) is 24.3 Å². The van der Waals surface area contributed by atoms with Crippen LogP contribution in [0, 0.1) is 0 Å². The van der Waals surface area contributed by atoms with Crippen molar-refractivity contribution < 1.29 is 19.1 Å². The lowest BCUT2D eigenvalue weighted by molar-refractivity contribution is -0.120. The molecule has 2 N–H and O–H groups in total. The predicted octanol–water partition coefficient (Wildman–Crippen LogP) is 2.52. The van der Waals surface area contributed by atoms with Crippen molar-refractivity contribution in [2.24, 2.45) is 0 Å². The van der Waals surface area contributed by atoms with Gasteiger partial charge in [-0.15, -0.1) is 0 Å². The molecule has 0 unspecified atom stereocenters. The van der Waals surface area contributed by atoms with Crippen molar-refractivity contribution in [3.8, 4) is 11.5 Å².